The Morgan fingerprint density at radius 1 is 1.20 bits per heavy atom. The van der Waals surface area contributed by atoms with E-state index in [1.807, 2.05) is 24.3 Å². The summed E-state index contributed by atoms with van der Waals surface area (Å²) in [5.41, 5.74) is 6.41. The van der Waals surface area contributed by atoms with E-state index in [0.29, 0.717) is 6.54 Å². The molecule has 0 bridgehead atoms. The van der Waals surface area contributed by atoms with Gasteiger partial charge in [-0.2, -0.15) is 0 Å². The van der Waals surface area contributed by atoms with Crippen molar-refractivity contribution < 1.29 is 4.79 Å². The predicted octanol–water partition coefficient (Wildman–Crippen LogP) is 3.33. The van der Waals surface area contributed by atoms with Crippen LogP contribution in [0.15, 0.2) is 36.7 Å². The van der Waals surface area contributed by atoms with E-state index in [0.717, 1.165) is 42.0 Å². The Hall–Kier alpha value is -1.74. The summed E-state index contributed by atoms with van der Waals surface area (Å²) in [4.78, 5) is 17.2. The van der Waals surface area contributed by atoms with Gasteiger partial charge in [0, 0.05) is 35.3 Å². The number of ketones is 1. The minimum atomic E-state index is -0.359. The highest BCUT2D eigenvalue weighted by Crippen LogP contribution is 2.39. The molecule has 1 fully saturated rings. The van der Waals surface area contributed by atoms with Crippen molar-refractivity contribution in [3.05, 3.63) is 42.2 Å². The molecular formula is C17H20N2O. The predicted molar refractivity (Wildman–Crippen MR) is 80.6 cm³/mol. The summed E-state index contributed by atoms with van der Waals surface area (Å²) in [5.74, 6) is 0.207. The van der Waals surface area contributed by atoms with E-state index < -0.39 is 0 Å². The molecule has 0 unspecified atom stereocenters. The van der Waals surface area contributed by atoms with Crippen molar-refractivity contribution in [1.82, 2.24) is 4.98 Å². The minimum absolute atomic E-state index is 0.207. The number of hydrogen-bond acceptors (Lipinski definition) is 3. The highest BCUT2D eigenvalue weighted by atomic mass is 16.1. The van der Waals surface area contributed by atoms with Crippen LogP contribution in [0.4, 0.5) is 0 Å². The van der Waals surface area contributed by atoms with Gasteiger partial charge in [-0.25, -0.2) is 0 Å². The second-order valence-corrected chi connectivity index (χ2v) is 5.78. The van der Waals surface area contributed by atoms with Crippen LogP contribution in [0.2, 0.25) is 0 Å². The maximum Gasteiger partial charge on any atom is 0.170 e. The first kappa shape index (κ1) is 13.3. The Balaban J connectivity index is 2.08. The van der Waals surface area contributed by atoms with Gasteiger partial charge in [-0.05, 0) is 24.3 Å². The maximum absolute atomic E-state index is 13.1. The van der Waals surface area contributed by atoms with Gasteiger partial charge in [0.15, 0.2) is 5.78 Å². The van der Waals surface area contributed by atoms with Crippen LogP contribution in [0.3, 0.4) is 0 Å². The molecule has 1 saturated carbocycles. The van der Waals surface area contributed by atoms with E-state index in [-0.39, 0.29) is 11.2 Å². The number of benzene rings is 1. The molecule has 3 rings (SSSR count). The number of Topliss-reactive ketones (excluding diaryl/α,β-unsaturated/α-hetero) is 1. The van der Waals surface area contributed by atoms with Crippen molar-refractivity contribution in [2.75, 3.05) is 6.54 Å². The highest BCUT2D eigenvalue weighted by molar-refractivity contribution is 6.10. The van der Waals surface area contributed by atoms with Gasteiger partial charge in [0.2, 0.25) is 0 Å². The fourth-order valence-corrected chi connectivity index (χ4v) is 3.35. The fraction of sp³-hybridized carbons (Fsp3) is 0.412. The molecule has 1 aromatic carbocycles. The number of pyridine rings is 1. The molecular weight excluding hydrogens is 248 g/mol. The number of carbonyl (C=O) groups excluding carboxylic acids is 1. The Kier molecular flexibility index (Phi) is 3.53. The van der Waals surface area contributed by atoms with E-state index in [9.17, 15) is 4.79 Å². The number of hydrogen-bond donors (Lipinski definition) is 1. The van der Waals surface area contributed by atoms with Crippen molar-refractivity contribution in [2.24, 2.45) is 11.1 Å². The zero-order valence-corrected chi connectivity index (χ0v) is 11.6. The number of rotatable bonds is 3. The van der Waals surface area contributed by atoms with Gasteiger partial charge >= 0.3 is 0 Å². The lowest BCUT2D eigenvalue weighted by molar-refractivity contribution is 0.0731. The molecule has 2 aromatic rings. The van der Waals surface area contributed by atoms with Crippen LogP contribution in [0.25, 0.3) is 10.8 Å². The molecule has 0 saturated heterocycles. The summed E-state index contributed by atoms with van der Waals surface area (Å²) in [6.45, 7) is 0.447. The number of carbonyl (C=O) groups is 1. The van der Waals surface area contributed by atoms with Gasteiger partial charge in [0.05, 0.1) is 0 Å². The van der Waals surface area contributed by atoms with Crippen molar-refractivity contribution in [3.8, 4) is 0 Å². The Bertz CT molecular complexity index is 624. The Labute approximate surface area is 119 Å². The van der Waals surface area contributed by atoms with Crippen molar-refractivity contribution >= 4 is 16.6 Å². The molecule has 0 amide bonds. The average Bonchev–Trinajstić information content (AvgIpc) is 2.54. The molecule has 0 atom stereocenters. The van der Waals surface area contributed by atoms with E-state index >= 15 is 0 Å². The zero-order chi connectivity index (χ0) is 14.0. The van der Waals surface area contributed by atoms with E-state index in [1.165, 1.54) is 6.42 Å². The zero-order valence-electron chi connectivity index (χ0n) is 11.6. The molecule has 1 aliphatic carbocycles. The number of nitrogens with zero attached hydrogens (tertiary/aromatic N) is 1. The molecule has 1 heterocycles. The molecule has 1 aliphatic rings. The first-order valence-corrected chi connectivity index (χ1v) is 7.34. The summed E-state index contributed by atoms with van der Waals surface area (Å²) < 4.78 is 0. The Morgan fingerprint density at radius 3 is 2.75 bits per heavy atom. The number of aromatic nitrogens is 1. The third-order valence-electron chi connectivity index (χ3n) is 4.61. The van der Waals surface area contributed by atoms with Gasteiger partial charge in [-0.3, -0.25) is 9.78 Å². The number of fused-ring (bicyclic) bond motifs is 1. The molecule has 3 heteroatoms. The molecule has 104 valence electrons. The second kappa shape index (κ2) is 5.33. The molecule has 20 heavy (non-hydrogen) atoms. The van der Waals surface area contributed by atoms with Crippen molar-refractivity contribution in [2.45, 2.75) is 32.1 Å². The van der Waals surface area contributed by atoms with E-state index in [4.69, 9.17) is 5.73 Å². The van der Waals surface area contributed by atoms with Crippen LogP contribution < -0.4 is 5.73 Å². The molecule has 0 radical (unpaired) electrons. The minimum Gasteiger partial charge on any atom is -0.329 e. The smallest absolute Gasteiger partial charge is 0.170 e. The molecule has 3 nitrogen and oxygen atoms in total. The second-order valence-electron chi connectivity index (χ2n) is 5.78. The average molecular weight is 268 g/mol. The normalized spacial score (nSPS) is 18.1. The SMILES string of the molecule is NCC1(C(=O)c2cccc3ccncc23)CCCCC1. The van der Waals surface area contributed by atoms with Crippen LogP contribution in [0.1, 0.15) is 42.5 Å². The van der Waals surface area contributed by atoms with Crippen LogP contribution in [-0.2, 0) is 0 Å². The quantitative estimate of drug-likeness (QED) is 0.869. The van der Waals surface area contributed by atoms with Crippen LogP contribution in [-0.4, -0.2) is 17.3 Å². The standard InChI is InChI=1S/C17H20N2O/c18-12-17(8-2-1-3-9-17)16(20)14-6-4-5-13-7-10-19-11-15(13)14/h4-7,10-11H,1-3,8-9,12,18H2. The third-order valence-corrected chi connectivity index (χ3v) is 4.61. The van der Waals surface area contributed by atoms with E-state index in [2.05, 4.69) is 4.98 Å². The fourth-order valence-electron chi connectivity index (χ4n) is 3.35. The lowest BCUT2D eigenvalue weighted by Gasteiger charge is -2.35. The van der Waals surface area contributed by atoms with Gasteiger partial charge in [0.1, 0.15) is 0 Å². The molecule has 1 aromatic heterocycles. The van der Waals surface area contributed by atoms with Crippen molar-refractivity contribution in [3.63, 3.8) is 0 Å². The molecule has 0 spiro atoms. The van der Waals surface area contributed by atoms with Gasteiger partial charge in [0.25, 0.3) is 0 Å². The maximum atomic E-state index is 13.1. The lowest BCUT2D eigenvalue weighted by Crippen LogP contribution is -2.40. The largest absolute Gasteiger partial charge is 0.329 e. The van der Waals surface area contributed by atoms with Crippen molar-refractivity contribution in [1.29, 1.82) is 0 Å². The first-order chi connectivity index (χ1) is 9.77. The first-order valence-electron chi connectivity index (χ1n) is 7.34. The number of nitrogens with two attached hydrogens (primary N) is 1. The van der Waals surface area contributed by atoms with Crippen LogP contribution in [0.5, 0.6) is 0 Å². The molecule has 0 aliphatic heterocycles. The summed E-state index contributed by atoms with van der Waals surface area (Å²) >= 11 is 0. The topological polar surface area (TPSA) is 56.0 Å². The highest BCUT2D eigenvalue weighted by Gasteiger charge is 2.38. The lowest BCUT2D eigenvalue weighted by atomic mass is 9.69. The van der Waals surface area contributed by atoms with Crippen LogP contribution in [0, 0.1) is 5.41 Å². The van der Waals surface area contributed by atoms with Gasteiger partial charge in [-0.15, -0.1) is 0 Å². The third kappa shape index (κ3) is 2.12. The van der Waals surface area contributed by atoms with Gasteiger partial charge < -0.3 is 5.73 Å². The summed E-state index contributed by atoms with van der Waals surface area (Å²) in [6, 6.07) is 7.83. The summed E-state index contributed by atoms with van der Waals surface area (Å²) in [5, 5.41) is 2.01. The Morgan fingerprint density at radius 2 is 2.00 bits per heavy atom. The summed E-state index contributed by atoms with van der Waals surface area (Å²) in [7, 11) is 0. The van der Waals surface area contributed by atoms with Gasteiger partial charge in [-0.1, -0.05) is 37.5 Å². The van der Waals surface area contributed by atoms with Crippen LogP contribution >= 0.6 is 0 Å². The molecule has 2 N–H and O–H groups in total. The van der Waals surface area contributed by atoms with E-state index in [1.54, 1.807) is 12.4 Å². The monoisotopic (exact) mass is 268 g/mol. The summed E-state index contributed by atoms with van der Waals surface area (Å²) in [6.07, 6.45) is 8.80.